The Morgan fingerprint density at radius 2 is 1.90 bits per heavy atom. The summed E-state index contributed by atoms with van der Waals surface area (Å²) >= 11 is 0. The van der Waals surface area contributed by atoms with Gasteiger partial charge in [0.25, 0.3) is 0 Å². The van der Waals surface area contributed by atoms with Gasteiger partial charge in [-0.25, -0.2) is 13.4 Å². The Morgan fingerprint density at radius 3 is 2.62 bits per heavy atom. The molecular weight excluding hydrogens is 286 g/mol. The van der Waals surface area contributed by atoms with Gasteiger partial charge in [-0.15, -0.1) is 0 Å². The molecule has 2 heterocycles. The van der Waals surface area contributed by atoms with Gasteiger partial charge in [-0.05, 0) is 49.1 Å². The molecule has 112 valence electrons. The summed E-state index contributed by atoms with van der Waals surface area (Å²) in [5.41, 5.74) is 6.35. The summed E-state index contributed by atoms with van der Waals surface area (Å²) in [4.78, 5) is 4.52. The first-order valence-electron chi connectivity index (χ1n) is 7.13. The number of hydrogen-bond acceptors (Lipinski definition) is 4. The van der Waals surface area contributed by atoms with E-state index in [4.69, 9.17) is 5.73 Å². The third kappa shape index (κ3) is 2.73. The van der Waals surface area contributed by atoms with Gasteiger partial charge >= 0.3 is 0 Å². The number of pyridine rings is 1. The van der Waals surface area contributed by atoms with Gasteiger partial charge in [0.2, 0.25) is 10.0 Å². The Balaban J connectivity index is 1.97. The Morgan fingerprint density at radius 1 is 1.19 bits per heavy atom. The van der Waals surface area contributed by atoms with E-state index in [0.29, 0.717) is 35.2 Å². The van der Waals surface area contributed by atoms with Crippen LogP contribution in [0, 0.1) is 5.92 Å². The lowest BCUT2D eigenvalue weighted by atomic mass is 10.0. The number of nitrogen functional groups attached to an aromatic ring is 1. The number of benzene rings is 1. The molecule has 5 nitrogen and oxygen atoms in total. The average molecular weight is 305 g/mol. The third-order valence-electron chi connectivity index (χ3n) is 4.06. The second kappa shape index (κ2) is 5.27. The zero-order valence-electron chi connectivity index (χ0n) is 12.0. The minimum atomic E-state index is -3.41. The summed E-state index contributed by atoms with van der Waals surface area (Å²) in [6.07, 6.45) is 1.84. The van der Waals surface area contributed by atoms with Crippen LogP contribution in [0.5, 0.6) is 0 Å². The van der Waals surface area contributed by atoms with E-state index in [1.165, 1.54) is 0 Å². The number of fused-ring (bicyclic) bond motifs is 1. The molecular formula is C15H19N3O2S. The molecule has 6 heteroatoms. The van der Waals surface area contributed by atoms with Crippen molar-refractivity contribution in [2.75, 3.05) is 18.8 Å². The maximum absolute atomic E-state index is 12.7. The molecule has 1 aliphatic heterocycles. The molecule has 1 aromatic heterocycles. The number of piperidine rings is 1. The van der Waals surface area contributed by atoms with Gasteiger partial charge in [-0.1, -0.05) is 6.92 Å². The quantitative estimate of drug-likeness (QED) is 0.923. The van der Waals surface area contributed by atoms with Gasteiger partial charge in [0.05, 0.1) is 10.4 Å². The normalized spacial score (nSPS) is 18.1. The highest BCUT2D eigenvalue weighted by molar-refractivity contribution is 7.89. The van der Waals surface area contributed by atoms with Crippen LogP contribution in [0.15, 0.2) is 35.2 Å². The molecule has 2 N–H and O–H groups in total. The Hall–Kier alpha value is -1.66. The molecule has 1 saturated heterocycles. The number of nitrogens with zero attached hydrogens (tertiary/aromatic N) is 2. The average Bonchev–Trinajstić information content (AvgIpc) is 2.47. The largest absolute Gasteiger partial charge is 0.384 e. The molecule has 0 bridgehead atoms. The van der Waals surface area contributed by atoms with Gasteiger partial charge < -0.3 is 5.73 Å². The van der Waals surface area contributed by atoms with Crippen molar-refractivity contribution < 1.29 is 8.42 Å². The summed E-state index contributed by atoms with van der Waals surface area (Å²) in [6.45, 7) is 3.36. The summed E-state index contributed by atoms with van der Waals surface area (Å²) < 4.78 is 27.0. The molecule has 1 fully saturated rings. The zero-order chi connectivity index (χ0) is 15.0. The molecule has 0 saturated carbocycles. The van der Waals surface area contributed by atoms with Crippen molar-refractivity contribution in [3.8, 4) is 0 Å². The number of rotatable bonds is 2. The molecule has 3 rings (SSSR count). The van der Waals surface area contributed by atoms with Gasteiger partial charge in [-0.3, -0.25) is 0 Å². The molecule has 0 unspecified atom stereocenters. The fourth-order valence-corrected chi connectivity index (χ4v) is 4.16. The number of nitrogens with two attached hydrogens (primary N) is 1. The highest BCUT2D eigenvalue weighted by Gasteiger charge is 2.28. The van der Waals surface area contributed by atoms with Crippen molar-refractivity contribution in [3.05, 3.63) is 30.3 Å². The number of aromatic nitrogens is 1. The molecule has 21 heavy (non-hydrogen) atoms. The first kappa shape index (κ1) is 14.3. The van der Waals surface area contributed by atoms with E-state index in [9.17, 15) is 8.42 Å². The van der Waals surface area contributed by atoms with Crippen molar-refractivity contribution in [1.29, 1.82) is 0 Å². The van der Waals surface area contributed by atoms with Crippen LogP contribution in [0.1, 0.15) is 19.8 Å². The molecule has 0 atom stereocenters. The monoisotopic (exact) mass is 305 g/mol. The number of hydrogen-bond donors (Lipinski definition) is 1. The summed E-state index contributed by atoms with van der Waals surface area (Å²) in [7, 11) is -3.41. The van der Waals surface area contributed by atoms with E-state index in [-0.39, 0.29) is 0 Å². The Labute approximate surface area is 124 Å². The maximum atomic E-state index is 12.7. The van der Waals surface area contributed by atoms with Crippen LogP contribution in [0.4, 0.5) is 5.82 Å². The summed E-state index contributed by atoms with van der Waals surface area (Å²) in [6, 6.07) is 8.48. The Bertz CT molecular complexity index is 766. The summed E-state index contributed by atoms with van der Waals surface area (Å²) in [5.74, 6) is 1.03. The molecule has 0 amide bonds. The van der Waals surface area contributed by atoms with Crippen molar-refractivity contribution in [3.63, 3.8) is 0 Å². The third-order valence-corrected chi connectivity index (χ3v) is 5.96. The van der Waals surface area contributed by atoms with Gasteiger partial charge in [0, 0.05) is 18.5 Å². The SMILES string of the molecule is CC1CCN(S(=O)(=O)c2ccc3nc(N)ccc3c2)CC1. The zero-order valence-corrected chi connectivity index (χ0v) is 12.8. The van der Waals surface area contributed by atoms with Crippen molar-refractivity contribution in [1.82, 2.24) is 9.29 Å². The van der Waals surface area contributed by atoms with Gasteiger partial charge in [0.15, 0.2) is 0 Å². The highest BCUT2D eigenvalue weighted by Crippen LogP contribution is 2.25. The molecule has 2 aromatic rings. The number of anilines is 1. The van der Waals surface area contributed by atoms with Crippen molar-refractivity contribution in [2.24, 2.45) is 5.92 Å². The Kier molecular flexibility index (Phi) is 3.59. The predicted octanol–water partition coefficient (Wildman–Crippen LogP) is 2.24. The molecule has 0 radical (unpaired) electrons. The van der Waals surface area contributed by atoms with Crippen LogP contribution in [-0.2, 0) is 10.0 Å². The topological polar surface area (TPSA) is 76.3 Å². The predicted molar refractivity (Wildman–Crippen MR) is 83.3 cm³/mol. The van der Waals surface area contributed by atoms with Crippen molar-refractivity contribution in [2.45, 2.75) is 24.7 Å². The van der Waals surface area contributed by atoms with E-state index >= 15 is 0 Å². The van der Waals surface area contributed by atoms with E-state index in [0.717, 1.165) is 18.2 Å². The molecule has 1 aliphatic rings. The van der Waals surface area contributed by atoms with E-state index in [1.807, 2.05) is 0 Å². The lowest BCUT2D eigenvalue weighted by Crippen LogP contribution is -2.37. The number of sulfonamides is 1. The minimum absolute atomic E-state index is 0.330. The van der Waals surface area contributed by atoms with Crippen LogP contribution in [0.3, 0.4) is 0 Å². The maximum Gasteiger partial charge on any atom is 0.243 e. The van der Waals surface area contributed by atoms with Crippen LogP contribution in [0.25, 0.3) is 10.9 Å². The van der Waals surface area contributed by atoms with Crippen LogP contribution >= 0.6 is 0 Å². The van der Waals surface area contributed by atoms with Crippen molar-refractivity contribution >= 4 is 26.7 Å². The van der Waals surface area contributed by atoms with Gasteiger partial charge in [0.1, 0.15) is 5.82 Å². The molecule has 1 aromatic carbocycles. The van der Waals surface area contributed by atoms with E-state index in [2.05, 4.69) is 11.9 Å². The van der Waals surface area contributed by atoms with Crippen LogP contribution in [-0.4, -0.2) is 30.8 Å². The second-order valence-electron chi connectivity index (χ2n) is 5.68. The molecule has 0 spiro atoms. The lowest BCUT2D eigenvalue weighted by molar-refractivity contribution is 0.288. The fraction of sp³-hybridized carbons (Fsp3) is 0.400. The first-order valence-corrected chi connectivity index (χ1v) is 8.57. The fourth-order valence-electron chi connectivity index (χ4n) is 2.65. The van der Waals surface area contributed by atoms with E-state index in [1.54, 1.807) is 34.6 Å². The van der Waals surface area contributed by atoms with Crippen LogP contribution < -0.4 is 5.73 Å². The van der Waals surface area contributed by atoms with E-state index < -0.39 is 10.0 Å². The van der Waals surface area contributed by atoms with Crippen LogP contribution in [0.2, 0.25) is 0 Å². The first-order chi connectivity index (χ1) is 9.96. The smallest absolute Gasteiger partial charge is 0.243 e. The molecule has 0 aliphatic carbocycles. The van der Waals surface area contributed by atoms with Gasteiger partial charge in [-0.2, -0.15) is 4.31 Å². The highest BCUT2D eigenvalue weighted by atomic mass is 32.2. The summed E-state index contributed by atoms with van der Waals surface area (Å²) in [5, 5.41) is 0.788. The second-order valence-corrected chi connectivity index (χ2v) is 7.62. The lowest BCUT2D eigenvalue weighted by Gasteiger charge is -2.29. The minimum Gasteiger partial charge on any atom is -0.384 e. The standard InChI is InChI=1S/C15H19N3O2S/c1-11-6-8-18(9-7-11)21(19,20)13-3-4-14-12(10-13)2-5-15(16)17-14/h2-5,10-11H,6-9H2,1H3,(H2,16,17).